The Balaban J connectivity index is 1.24. The second-order valence-electron chi connectivity index (χ2n) is 13.9. The molecular weight excluding hydrogens is 715 g/mol. The predicted octanol–water partition coefficient (Wildman–Crippen LogP) is 13.4. The topological polar surface area (TPSA) is 48.5 Å². The molecule has 266 valence electrons. The normalized spacial score (nSPS) is 13.3. The summed E-state index contributed by atoms with van der Waals surface area (Å²) in [5.41, 5.74) is 6.05. The van der Waals surface area contributed by atoms with Crippen LogP contribution in [-0.4, -0.2) is 24.1 Å². The molecule has 5 nitrogen and oxygen atoms in total. The minimum atomic E-state index is -0.182. The number of para-hydroxylation sites is 4. The van der Waals surface area contributed by atoms with E-state index >= 15 is 0 Å². The predicted molar refractivity (Wildman–Crippen MR) is 238 cm³/mol. The lowest BCUT2D eigenvalue weighted by Crippen LogP contribution is -2.08. The van der Waals surface area contributed by atoms with Crippen LogP contribution in [0.4, 0.5) is 0 Å². The summed E-state index contributed by atoms with van der Waals surface area (Å²) in [6.07, 6.45) is 0. The quantitative estimate of drug-likeness (QED) is 0.176. The van der Waals surface area contributed by atoms with Crippen LogP contribution < -0.4 is 0 Å². The molecule has 4 aromatic heterocycles. The van der Waals surface area contributed by atoms with E-state index in [0.29, 0.717) is 28.8 Å². The largest absolute Gasteiger partial charge is 0.309 e. The van der Waals surface area contributed by atoms with Crippen LogP contribution in [0.1, 0.15) is 8.22 Å². The Kier molecular flexibility index (Phi) is 5.82. The van der Waals surface area contributed by atoms with Gasteiger partial charge in [0.2, 0.25) is 5.95 Å². The zero-order chi connectivity index (χ0) is 42.7. The van der Waals surface area contributed by atoms with E-state index in [2.05, 4.69) is 71.3 Å². The van der Waals surface area contributed by atoms with Crippen molar-refractivity contribution in [1.29, 1.82) is 0 Å². The number of aromatic nitrogens is 5. The lowest BCUT2D eigenvalue weighted by atomic mass is 9.99. The van der Waals surface area contributed by atoms with Crippen molar-refractivity contribution in [2.45, 2.75) is 0 Å². The smallest absolute Gasteiger partial charge is 0.238 e. The number of thiophene rings is 1. The minimum absolute atomic E-state index is 0.0517. The summed E-state index contributed by atoms with van der Waals surface area (Å²) in [7, 11) is 0. The lowest BCUT2D eigenvalue weighted by Gasteiger charge is -2.17. The standard InChI is InChI=1S/C51H31N5S/c1-2-15-32(16-3-1)49-52-50(54-51(53-49)56-44-26-11-6-19-37(44)38-20-7-12-27-45(38)56)41-31-33(34-22-14-23-40-39-21-8-13-28-47(39)57-48(34)40)29-30-46(41)55-42-24-9-4-17-35(42)36-18-5-10-25-43(36)55/h1-31H/i4D,5D,17D,18D,24D,25D. The van der Waals surface area contributed by atoms with Gasteiger partial charge in [-0.2, -0.15) is 9.97 Å². The average Bonchev–Trinajstić information content (AvgIpc) is 3.99. The summed E-state index contributed by atoms with van der Waals surface area (Å²) in [6.45, 7) is 0. The lowest BCUT2D eigenvalue weighted by molar-refractivity contribution is 0.952. The molecule has 0 fully saturated rings. The molecule has 0 aliphatic rings. The van der Waals surface area contributed by atoms with Gasteiger partial charge in [-0.15, -0.1) is 11.3 Å². The Morgan fingerprint density at radius 2 is 1.05 bits per heavy atom. The van der Waals surface area contributed by atoms with Crippen molar-refractivity contribution in [3.8, 4) is 45.5 Å². The molecule has 57 heavy (non-hydrogen) atoms. The fraction of sp³-hybridized carbons (Fsp3) is 0. The van der Waals surface area contributed by atoms with Gasteiger partial charge in [-0.3, -0.25) is 4.57 Å². The molecule has 6 heteroatoms. The van der Waals surface area contributed by atoms with Crippen molar-refractivity contribution < 1.29 is 8.22 Å². The van der Waals surface area contributed by atoms with Gasteiger partial charge < -0.3 is 4.57 Å². The fourth-order valence-electron chi connectivity index (χ4n) is 8.25. The van der Waals surface area contributed by atoms with Gasteiger partial charge in [0.25, 0.3) is 0 Å². The van der Waals surface area contributed by atoms with Crippen LogP contribution in [0.5, 0.6) is 0 Å². The average molecular weight is 752 g/mol. The molecule has 0 radical (unpaired) electrons. The van der Waals surface area contributed by atoms with Crippen molar-refractivity contribution in [1.82, 2.24) is 24.1 Å². The molecule has 12 rings (SSSR count). The van der Waals surface area contributed by atoms with Gasteiger partial charge in [0.1, 0.15) is 0 Å². The number of hydrogen-bond donors (Lipinski definition) is 0. The third-order valence-corrected chi connectivity index (χ3v) is 12.0. The van der Waals surface area contributed by atoms with E-state index in [9.17, 15) is 2.74 Å². The van der Waals surface area contributed by atoms with Crippen LogP contribution in [0, 0.1) is 0 Å². The Morgan fingerprint density at radius 1 is 0.421 bits per heavy atom. The molecule has 0 bridgehead atoms. The molecule has 0 aliphatic carbocycles. The zero-order valence-corrected chi connectivity index (χ0v) is 30.9. The van der Waals surface area contributed by atoms with Crippen molar-refractivity contribution >= 4 is 75.1 Å². The van der Waals surface area contributed by atoms with Gasteiger partial charge in [0.05, 0.1) is 36.0 Å². The molecule has 0 N–H and O–H groups in total. The summed E-state index contributed by atoms with van der Waals surface area (Å²) in [5.74, 6) is 1.15. The molecule has 12 aromatic rings. The van der Waals surface area contributed by atoms with Gasteiger partial charge in [-0.05, 0) is 53.5 Å². The zero-order valence-electron chi connectivity index (χ0n) is 36.1. The highest BCUT2D eigenvalue weighted by Crippen LogP contribution is 2.43. The van der Waals surface area contributed by atoms with Crippen LogP contribution in [-0.2, 0) is 0 Å². The van der Waals surface area contributed by atoms with Crippen LogP contribution in [0.25, 0.3) is 109 Å². The number of nitrogens with zero attached hydrogens (tertiary/aromatic N) is 5. The van der Waals surface area contributed by atoms with Gasteiger partial charge >= 0.3 is 0 Å². The van der Waals surface area contributed by atoms with E-state index in [1.807, 2.05) is 72.8 Å². The molecule has 8 aromatic carbocycles. The third-order valence-electron chi connectivity index (χ3n) is 10.8. The van der Waals surface area contributed by atoms with Crippen molar-refractivity contribution in [3.05, 3.63) is 188 Å². The maximum Gasteiger partial charge on any atom is 0.238 e. The molecule has 0 unspecified atom stereocenters. The van der Waals surface area contributed by atoms with Gasteiger partial charge in [0.15, 0.2) is 11.6 Å². The van der Waals surface area contributed by atoms with E-state index in [0.717, 1.165) is 48.6 Å². The van der Waals surface area contributed by atoms with E-state index in [1.165, 1.54) is 22.2 Å². The first-order valence-electron chi connectivity index (χ1n) is 21.6. The second kappa shape index (κ2) is 12.6. The molecule has 0 atom stereocenters. The molecule has 0 aliphatic heterocycles. The second-order valence-corrected chi connectivity index (χ2v) is 15.0. The van der Waals surface area contributed by atoms with Crippen LogP contribution in [0.15, 0.2) is 188 Å². The minimum Gasteiger partial charge on any atom is -0.309 e. The third kappa shape index (κ3) is 4.91. The van der Waals surface area contributed by atoms with Gasteiger partial charge in [-0.25, -0.2) is 4.98 Å². The Bertz CT molecular complexity index is 3770. The molecule has 4 heterocycles. The SMILES string of the molecule is [2H]c1cc([2H])c2c(c1[2H])c1c([2H])c([2H])cc([2H])c1n2-c1ccc(-c2cccc3c2sc2ccccc23)cc1-c1nc(-c2ccccc2)nc(-n2c3ccccc3c3ccccc32)n1. The summed E-state index contributed by atoms with van der Waals surface area (Å²) in [6, 6.07) is 48.6. The summed E-state index contributed by atoms with van der Waals surface area (Å²) >= 11 is 1.73. The Labute approximate surface area is 339 Å². The van der Waals surface area contributed by atoms with Crippen LogP contribution in [0.3, 0.4) is 0 Å². The summed E-state index contributed by atoms with van der Waals surface area (Å²) < 4.78 is 60.2. The summed E-state index contributed by atoms with van der Waals surface area (Å²) in [5, 5.41) is 4.76. The number of rotatable bonds is 5. The number of hydrogen-bond acceptors (Lipinski definition) is 4. The monoisotopic (exact) mass is 751 g/mol. The van der Waals surface area contributed by atoms with Crippen molar-refractivity contribution in [3.63, 3.8) is 0 Å². The number of fused-ring (bicyclic) bond motifs is 9. The molecule has 0 saturated carbocycles. The van der Waals surface area contributed by atoms with E-state index in [-0.39, 0.29) is 58.1 Å². The fourth-order valence-corrected chi connectivity index (χ4v) is 9.49. The summed E-state index contributed by atoms with van der Waals surface area (Å²) in [4.78, 5) is 15.8. The highest BCUT2D eigenvalue weighted by atomic mass is 32.1. The number of benzene rings is 8. The van der Waals surface area contributed by atoms with Crippen molar-refractivity contribution in [2.75, 3.05) is 0 Å². The Morgan fingerprint density at radius 3 is 1.79 bits per heavy atom. The highest BCUT2D eigenvalue weighted by molar-refractivity contribution is 7.26. The first-order valence-corrected chi connectivity index (χ1v) is 19.4. The maximum atomic E-state index is 9.31. The van der Waals surface area contributed by atoms with Crippen LogP contribution >= 0.6 is 11.3 Å². The highest BCUT2D eigenvalue weighted by Gasteiger charge is 2.22. The Hall–Kier alpha value is -7.41. The van der Waals surface area contributed by atoms with E-state index in [1.54, 1.807) is 15.9 Å². The van der Waals surface area contributed by atoms with Crippen LogP contribution in [0.2, 0.25) is 0 Å². The first-order chi connectivity index (χ1) is 30.7. The molecule has 0 amide bonds. The molecule has 0 spiro atoms. The first kappa shape index (κ1) is 26.4. The van der Waals surface area contributed by atoms with E-state index < -0.39 is 0 Å². The van der Waals surface area contributed by atoms with Gasteiger partial charge in [-0.1, -0.05) is 145 Å². The molecular formula is C51H31N5S. The van der Waals surface area contributed by atoms with Crippen molar-refractivity contribution in [2.24, 2.45) is 0 Å². The molecule has 0 saturated heterocycles. The van der Waals surface area contributed by atoms with Gasteiger partial charge in [0, 0.05) is 52.8 Å². The maximum absolute atomic E-state index is 9.31. The van der Waals surface area contributed by atoms with E-state index in [4.69, 9.17) is 20.4 Å².